The highest BCUT2D eigenvalue weighted by Gasteiger charge is 2.16. The molecule has 0 atom stereocenters. The van der Waals surface area contributed by atoms with E-state index in [0.29, 0.717) is 11.6 Å². The molecule has 0 fully saturated rings. The van der Waals surface area contributed by atoms with Crippen molar-refractivity contribution >= 4 is 40.6 Å². The number of nitro groups is 1. The van der Waals surface area contributed by atoms with E-state index in [9.17, 15) is 14.9 Å². The van der Waals surface area contributed by atoms with Crippen molar-refractivity contribution in [2.75, 3.05) is 5.32 Å². The second-order valence-corrected chi connectivity index (χ2v) is 7.66. The maximum absolute atomic E-state index is 12.6. The van der Waals surface area contributed by atoms with Gasteiger partial charge >= 0.3 is 0 Å². The Balaban J connectivity index is 1.37. The first kappa shape index (κ1) is 22.3. The van der Waals surface area contributed by atoms with Gasteiger partial charge in [-0.25, -0.2) is 4.68 Å². The molecule has 10 nitrogen and oxygen atoms in total. The number of rotatable bonds is 8. The van der Waals surface area contributed by atoms with E-state index in [1.165, 1.54) is 28.9 Å². The molecule has 2 aromatic carbocycles. The summed E-state index contributed by atoms with van der Waals surface area (Å²) in [5.74, 6) is -0.0189. The Bertz CT molecular complexity index is 1310. The summed E-state index contributed by atoms with van der Waals surface area (Å²) in [6.07, 6.45) is 3.17. The van der Waals surface area contributed by atoms with Crippen LogP contribution in [0.1, 0.15) is 16.1 Å². The number of non-ortho nitro benzene ring substituents is 1. The minimum Gasteiger partial charge on any atom is -0.470 e. The summed E-state index contributed by atoms with van der Waals surface area (Å²) in [6, 6.07) is 15.1. The molecule has 2 heterocycles. The van der Waals surface area contributed by atoms with Crippen LogP contribution in [-0.2, 0) is 13.3 Å². The number of ether oxygens (including phenoxy) is 1. The van der Waals surface area contributed by atoms with Gasteiger partial charge in [0.25, 0.3) is 11.6 Å². The normalized spacial score (nSPS) is 10.7. The van der Waals surface area contributed by atoms with Crippen LogP contribution >= 0.6 is 23.2 Å². The fraction of sp³-hybridized carbons (Fsp3) is 0.0952. The van der Waals surface area contributed by atoms with Crippen molar-refractivity contribution < 1.29 is 14.5 Å². The first-order chi connectivity index (χ1) is 15.9. The number of hydrogen-bond acceptors (Lipinski definition) is 6. The molecule has 0 radical (unpaired) electrons. The highest BCUT2D eigenvalue weighted by molar-refractivity contribution is 6.33. The summed E-state index contributed by atoms with van der Waals surface area (Å²) in [5.41, 5.74) is 1.03. The Hall–Kier alpha value is -3.89. The van der Waals surface area contributed by atoms with Gasteiger partial charge in [-0.15, -0.1) is 0 Å². The molecule has 0 bridgehead atoms. The lowest BCUT2D eigenvalue weighted by atomic mass is 10.2. The summed E-state index contributed by atoms with van der Waals surface area (Å²) in [7, 11) is 0. The molecule has 0 spiro atoms. The van der Waals surface area contributed by atoms with E-state index in [1.807, 2.05) is 30.3 Å². The molecule has 0 unspecified atom stereocenters. The van der Waals surface area contributed by atoms with Gasteiger partial charge in [-0.05, 0) is 17.7 Å². The first-order valence-corrected chi connectivity index (χ1v) is 10.3. The number of hydrogen-bond donors (Lipinski definition) is 1. The number of carbonyl (C=O) groups is 1. The lowest BCUT2D eigenvalue weighted by Crippen LogP contribution is -2.15. The Morgan fingerprint density at radius 1 is 1.06 bits per heavy atom. The lowest BCUT2D eigenvalue weighted by molar-refractivity contribution is -0.384. The monoisotopic (exact) mass is 486 g/mol. The number of carbonyl (C=O) groups excluding carboxylic acids is 1. The molecule has 0 aliphatic carbocycles. The molecule has 1 N–H and O–H groups in total. The van der Waals surface area contributed by atoms with E-state index < -0.39 is 10.8 Å². The third kappa shape index (κ3) is 5.48. The number of halogens is 2. The Morgan fingerprint density at radius 2 is 1.85 bits per heavy atom. The largest absolute Gasteiger partial charge is 0.470 e. The van der Waals surface area contributed by atoms with Crippen LogP contribution in [0.4, 0.5) is 11.5 Å². The maximum atomic E-state index is 12.6. The fourth-order valence-electron chi connectivity index (χ4n) is 2.92. The molecule has 0 aliphatic rings. The number of nitrogens with one attached hydrogen (secondary N) is 1. The van der Waals surface area contributed by atoms with E-state index in [2.05, 4.69) is 15.5 Å². The van der Waals surface area contributed by atoms with Crippen molar-refractivity contribution in [3.05, 3.63) is 98.4 Å². The predicted octanol–water partition coefficient (Wildman–Crippen LogP) is 4.63. The van der Waals surface area contributed by atoms with Crippen molar-refractivity contribution in [3.8, 4) is 5.75 Å². The smallest absolute Gasteiger partial charge is 0.277 e. The van der Waals surface area contributed by atoms with Crippen LogP contribution in [0.15, 0.2) is 67.0 Å². The highest BCUT2D eigenvalue weighted by atomic mass is 35.5. The Morgan fingerprint density at radius 3 is 2.58 bits per heavy atom. The van der Waals surface area contributed by atoms with Crippen LogP contribution in [0.3, 0.4) is 0 Å². The Kier molecular flexibility index (Phi) is 6.57. The van der Waals surface area contributed by atoms with E-state index in [4.69, 9.17) is 27.9 Å². The fourth-order valence-corrected chi connectivity index (χ4v) is 3.34. The van der Waals surface area contributed by atoms with E-state index in [1.54, 1.807) is 17.1 Å². The van der Waals surface area contributed by atoms with Gasteiger partial charge in [0.1, 0.15) is 10.8 Å². The van der Waals surface area contributed by atoms with Crippen LogP contribution in [0.25, 0.3) is 0 Å². The summed E-state index contributed by atoms with van der Waals surface area (Å²) in [5, 5.41) is 22.3. The SMILES string of the molecule is O=C(Nc1nn(Cc2ccccc2)cc1Cl)c1ccn(COc2ccc([N+](=O)[O-])cc2Cl)n1. The first-order valence-electron chi connectivity index (χ1n) is 9.57. The molecule has 33 heavy (non-hydrogen) atoms. The summed E-state index contributed by atoms with van der Waals surface area (Å²) < 4.78 is 8.54. The number of nitrogens with zero attached hydrogens (tertiary/aromatic N) is 5. The van der Waals surface area contributed by atoms with Crippen molar-refractivity contribution in [2.24, 2.45) is 0 Å². The molecule has 0 aliphatic heterocycles. The average molecular weight is 487 g/mol. The molecule has 0 saturated heterocycles. The second kappa shape index (κ2) is 9.72. The van der Waals surface area contributed by atoms with Crippen LogP contribution in [0.2, 0.25) is 10.0 Å². The van der Waals surface area contributed by atoms with Gasteiger partial charge in [-0.3, -0.25) is 19.6 Å². The van der Waals surface area contributed by atoms with Gasteiger partial charge < -0.3 is 10.1 Å². The molecular formula is C21H16Cl2N6O4. The van der Waals surface area contributed by atoms with Crippen molar-refractivity contribution in [1.82, 2.24) is 19.6 Å². The average Bonchev–Trinajstić information content (AvgIpc) is 3.40. The molecule has 0 saturated carbocycles. The van der Waals surface area contributed by atoms with Crippen LogP contribution in [0.5, 0.6) is 5.75 Å². The third-order valence-corrected chi connectivity index (χ3v) is 5.06. The molecular weight excluding hydrogens is 471 g/mol. The standard InChI is InChI=1S/C21H16Cl2N6O4/c22-16-10-15(29(31)32)6-7-19(16)33-13-27-9-8-18(25-27)21(30)24-20-17(23)12-28(26-20)11-14-4-2-1-3-5-14/h1-10,12H,11,13H2,(H,24,26,30). The number of anilines is 1. The second-order valence-electron chi connectivity index (χ2n) is 6.85. The summed E-state index contributed by atoms with van der Waals surface area (Å²) in [6.45, 7) is 0.449. The highest BCUT2D eigenvalue weighted by Crippen LogP contribution is 2.28. The summed E-state index contributed by atoms with van der Waals surface area (Å²) >= 11 is 12.2. The number of aromatic nitrogens is 4. The number of amides is 1. The maximum Gasteiger partial charge on any atom is 0.277 e. The minimum atomic E-state index is -0.551. The van der Waals surface area contributed by atoms with Gasteiger partial charge in [0.05, 0.1) is 16.5 Å². The van der Waals surface area contributed by atoms with Crippen LogP contribution < -0.4 is 10.1 Å². The van der Waals surface area contributed by atoms with Crippen molar-refractivity contribution in [3.63, 3.8) is 0 Å². The molecule has 4 aromatic rings. The molecule has 4 rings (SSSR count). The molecule has 12 heteroatoms. The van der Waals surface area contributed by atoms with E-state index in [0.717, 1.165) is 5.56 Å². The molecule has 2 aromatic heterocycles. The van der Waals surface area contributed by atoms with E-state index in [-0.39, 0.29) is 34.7 Å². The number of nitro benzene ring substituents is 1. The van der Waals surface area contributed by atoms with Gasteiger partial charge in [0.15, 0.2) is 18.2 Å². The van der Waals surface area contributed by atoms with Gasteiger partial charge in [-0.2, -0.15) is 10.2 Å². The quantitative estimate of drug-likeness (QED) is 0.286. The van der Waals surface area contributed by atoms with E-state index >= 15 is 0 Å². The summed E-state index contributed by atoms with van der Waals surface area (Å²) in [4.78, 5) is 22.8. The zero-order valence-corrected chi connectivity index (χ0v) is 18.4. The lowest BCUT2D eigenvalue weighted by Gasteiger charge is -2.07. The predicted molar refractivity (Wildman–Crippen MR) is 122 cm³/mol. The molecule has 168 valence electrons. The van der Waals surface area contributed by atoms with Gasteiger partial charge in [0.2, 0.25) is 0 Å². The van der Waals surface area contributed by atoms with Crippen molar-refractivity contribution in [1.29, 1.82) is 0 Å². The van der Waals surface area contributed by atoms with Gasteiger partial charge in [0, 0.05) is 24.5 Å². The van der Waals surface area contributed by atoms with Crippen LogP contribution in [0, 0.1) is 10.1 Å². The van der Waals surface area contributed by atoms with Crippen LogP contribution in [-0.4, -0.2) is 30.4 Å². The number of benzene rings is 2. The minimum absolute atomic E-state index is 0.0583. The topological polar surface area (TPSA) is 117 Å². The third-order valence-electron chi connectivity index (χ3n) is 4.49. The van der Waals surface area contributed by atoms with Gasteiger partial charge in [-0.1, -0.05) is 53.5 Å². The Labute approximate surface area is 197 Å². The zero-order chi connectivity index (χ0) is 23.4. The zero-order valence-electron chi connectivity index (χ0n) is 16.9. The van der Waals surface area contributed by atoms with Crippen molar-refractivity contribution in [2.45, 2.75) is 13.3 Å². The molecule has 1 amide bonds.